The van der Waals surface area contributed by atoms with Gasteiger partial charge in [0, 0.05) is 11.6 Å². The Bertz CT molecular complexity index is 1350. The number of amides is 1. The first-order valence-corrected chi connectivity index (χ1v) is 11.1. The minimum absolute atomic E-state index is 0.0125. The number of aromatic nitrogens is 2. The number of alkyl halides is 3. The predicted octanol–water partition coefficient (Wildman–Crippen LogP) is 2.32. The first-order chi connectivity index (χ1) is 14.5. The Morgan fingerprint density at radius 2 is 1.94 bits per heavy atom. The number of fused-ring (bicyclic) bond motifs is 1. The average molecular weight is 451 g/mol. The molecule has 0 unspecified atom stereocenters. The second kappa shape index (κ2) is 7.49. The molecular formula is C20H16F3N3O4S. The van der Waals surface area contributed by atoms with Crippen molar-refractivity contribution in [3.63, 3.8) is 0 Å². The lowest BCUT2D eigenvalue weighted by Gasteiger charge is -2.12. The highest BCUT2D eigenvalue weighted by molar-refractivity contribution is 7.91. The summed E-state index contributed by atoms with van der Waals surface area (Å²) >= 11 is 0. The molecule has 1 amide bonds. The highest BCUT2D eigenvalue weighted by Crippen LogP contribution is 2.30. The smallest absolute Gasteiger partial charge is 0.348 e. The van der Waals surface area contributed by atoms with E-state index in [1.165, 1.54) is 30.3 Å². The van der Waals surface area contributed by atoms with E-state index >= 15 is 0 Å². The fraction of sp³-hybridized carbons (Fsp3) is 0.250. The van der Waals surface area contributed by atoms with E-state index in [-0.39, 0.29) is 33.7 Å². The first-order valence-electron chi connectivity index (χ1n) is 9.24. The van der Waals surface area contributed by atoms with Crippen LogP contribution in [0.5, 0.6) is 0 Å². The molecule has 1 saturated heterocycles. The maximum absolute atomic E-state index is 13.0. The molecule has 1 fully saturated rings. The summed E-state index contributed by atoms with van der Waals surface area (Å²) < 4.78 is 63.0. The Morgan fingerprint density at radius 1 is 1.16 bits per heavy atom. The molecule has 2 aromatic carbocycles. The second-order valence-corrected chi connectivity index (χ2v) is 9.50. The third kappa shape index (κ3) is 4.31. The molecule has 0 bridgehead atoms. The normalized spacial score (nSPS) is 18.2. The Kier molecular flexibility index (Phi) is 5.08. The van der Waals surface area contributed by atoms with Crippen molar-refractivity contribution in [3.05, 3.63) is 70.3 Å². The van der Waals surface area contributed by atoms with Crippen molar-refractivity contribution >= 4 is 26.6 Å². The van der Waals surface area contributed by atoms with Crippen molar-refractivity contribution < 1.29 is 26.4 Å². The van der Waals surface area contributed by atoms with Gasteiger partial charge in [-0.1, -0.05) is 6.07 Å². The summed E-state index contributed by atoms with van der Waals surface area (Å²) in [6, 6.07) is 7.99. The van der Waals surface area contributed by atoms with E-state index in [4.69, 9.17) is 0 Å². The number of hydrogen-bond donors (Lipinski definition) is 1. The van der Waals surface area contributed by atoms with Gasteiger partial charge in [-0.2, -0.15) is 13.2 Å². The van der Waals surface area contributed by atoms with E-state index in [0.717, 1.165) is 23.0 Å². The van der Waals surface area contributed by atoms with Crippen LogP contribution in [-0.2, 0) is 16.0 Å². The molecular weight excluding hydrogens is 435 g/mol. The molecule has 1 aromatic heterocycles. The lowest BCUT2D eigenvalue weighted by Crippen LogP contribution is -2.35. The molecule has 0 radical (unpaired) electrons. The van der Waals surface area contributed by atoms with Crippen LogP contribution in [0.1, 0.15) is 22.3 Å². The summed E-state index contributed by atoms with van der Waals surface area (Å²) in [5.41, 5.74) is -1.07. The van der Waals surface area contributed by atoms with Gasteiger partial charge in [0.2, 0.25) is 0 Å². The summed E-state index contributed by atoms with van der Waals surface area (Å²) in [7, 11) is -3.15. The predicted molar refractivity (Wildman–Crippen MR) is 107 cm³/mol. The van der Waals surface area contributed by atoms with Crippen LogP contribution in [0.3, 0.4) is 0 Å². The molecule has 1 aliphatic heterocycles. The fourth-order valence-corrected chi connectivity index (χ4v) is 5.13. The molecule has 7 nitrogen and oxygen atoms in total. The molecule has 0 spiro atoms. The minimum atomic E-state index is -4.55. The van der Waals surface area contributed by atoms with Crippen LogP contribution in [0.4, 0.5) is 13.2 Å². The SMILES string of the molecule is O=C(N[C@@H]1CCS(=O)(=O)C1)c1ccc2c(=O)n(-c3cccc(C(F)(F)F)c3)cnc2c1. The molecule has 162 valence electrons. The number of nitrogens with zero attached hydrogens (tertiary/aromatic N) is 2. The number of rotatable bonds is 3. The van der Waals surface area contributed by atoms with Gasteiger partial charge in [-0.3, -0.25) is 14.2 Å². The molecule has 3 aromatic rings. The lowest BCUT2D eigenvalue weighted by atomic mass is 10.1. The summed E-state index contributed by atoms with van der Waals surface area (Å²) in [5.74, 6) is -0.591. The van der Waals surface area contributed by atoms with E-state index in [2.05, 4.69) is 10.3 Å². The monoisotopic (exact) mass is 451 g/mol. The topological polar surface area (TPSA) is 98.1 Å². The van der Waals surface area contributed by atoms with Gasteiger partial charge in [-0.25, -0.2) is 13.4 Å². The molecule has 4 rings (SSSR count). The summed E-state index contributed by atoms with van der Waals surface area (Å²) in [4.78, 5) is 29.3. The minimum Gasteiger partial charge on any atom is -0.348 e. The Labute approximate surface area is 174 Å². The Morgan fingerprint density at radius 3 is 2.61 bits per heavy atom. The summed E-state index contributed by atoms with van der Waals surface area (Å²) in [6.45, 7) is 0. The number of benzene rings is 2. The Hall–Kier alpha value is -3.21. The van der Waals surface area contributed by atoms with Crippen LogP contribution in [0.15, 0.2) is 53.6 Å². The first kappa shape index (κ1) is 21.0. The molecule has 0 aliphatic carbocycles. The van der Waals surface area contributed by atoms with E-state index < -0.39 is 39.1 Å². The van der Waals surface area contributed by atoms with Crippen LogP contribution in [-0.4, -0.2) is 41.4 Å². The molecule has 1 N–H and O–H groups in total. The van der Waals surface area contributed by atoms with Crippen molar-refractivity contribution in [1.29, 1.82) is 0 Å². The number of hydrogen-bond acceptors (Lipinski definition) is 5. The van der Waals surface area contributed by atoms with Crippen molar-refractivity contribution in [3.8, 4) is 5.69 Å². The molecule has 1 aliphatic rings. The van der Waals surface area contributed by atoms with E-state index in [0.29, 0.717) is 6.42 Å². The zero-order valence-corrected chi connectivity index (χ0v) is 16.7. The van der Waals surface area contributed by atoms with Crippen LogP contribution < -0.4 is 10.9 Å². The number of carbonyl (C=O) groups excluding carboxylic acids is 1. The number of sulfone groups is 1. The largest absolute Gasteiger partial charge is 0.416 e. The Balaban J connectivity index is 1.64. The zero-order valence-electron chi connectivity index (χ0n) is 15.9. The van der Waals surface area contributed by atoms with Crippen LogP contribution in [0, 0.1) is 0 Å². The molecule has 0 saturated carbocycles. The van der Waals surface area contributed by atoms with E-state index in [1.807, 2.05) is 0 Å². The number of nitrogens with one attached hydrogen (secondary N) is 1. The number of carbonyl (C=O) groups is 1. The highest BCUT2D eigenvalue weighted by Gasteiger charge is 2.31. The van der Waals surface area contributed by atoms with E-state index in [1.54, 1.807) is 0 Å². The maximum atomic E-state index is 13.0. The molecule has 1 atom stereocenters. The quantitative estimate of drug-likeness (QED) is 0.659. The second-order valence-electron chi connectivity index (χ2n) is 7.27. The van der Waals surface area contributed by atoms with Crippen LogP contribution in [0.2, 0.25) is 0 Å². The lowest BCUT2D eigenvalue weighted by molar-refractivity contribution is -0.137. The van der Waals surface area contributed by atoms with Gasteiger partial charge in [0.15, 0.2) is 9.84 Å². The van der Waals surface area contributed by atoms with Gasteiger partial charge in [0.25, 0.3) is 11.5 Å². The van der Waals surface area contributed by atoms with Gasteiger partial charge >= 0.3 is 6.18 Å². The fourth-order valence-electron chi connectivity index (χ4n) is 3.46. The van der Waals surface area contributed by atoms with Gasteiger partial charge in [0.1, 0.15) is 6.33 Å². The maximum Gasteiger partial charge on any atom is 0.416 e. The summed E-state index contributed by atoms with van der Waals surface area (Å²) in [5, 5.41) is 2.78. The molecule has 31 heavy (non-hydrogen) atoms. The third-order valence-corrected chi connectivity index (χ3v) is 6.81. The standard InChI is InChI=1S/C20H16F3N3O4S/c21-20(22,23)13-2-1-3-15(9-13)26-11-24-17-8-12(4-5-16(17)19(26)28)18(27)25-14-6-7-31(29,30)10-14/h1-5,8-9,11,14H,6-7,10H2,(H,25,27)/t14-/m1/s1. The van der Waals surface area contributed by atoms with Gasteiger partial charge < -0.3 is 5.32 Å². The van der Waals surface area contributed by atoms with E-state index in [9.17, 15) is 31.2 Å². The molecule has 2 heterocycles. The van der Waals surface area contributed by atoms with Crippen molar-refractivity contribution in [2.24, 2.45) is 0 Å². The van der Waals surface area contributed by atoms with Gasteiger partial charge in [0.05, 0.1) is 33.7 Å². The highest BCUT2D eigenvalue weighted by atomic mass is 32.2. The van der Waals surface area contributed by atoms with Crippen molar-refractivity contribution in [1.82, 2.24) is 14.9 Å². The molecule has 11 heteroatoms. The van der Waals surface area contributed by atoms with Crippen molar-refractivity contribution in [2.45, 2.75) is 18.6 Å². The van der Waals surface area contributed by atoms with Gasteiger partial charge in [-0.05, 0) is 42.8 Å². The van der Waals surface area contributed by atoms with Crippen molar-refractivity contribution in [2.75, 3.05) is 11.5 Å². The van der Waals surface area contributed by atoms with Crippen LogP contribution >= 0.6 is 0 Å². The summed E-state index contributed by atoms with van der Waals surface area (Å²) in [6.07, 6.45) is -3.11. The zero-order chi connectivity index (χ0) is 22.4. The van der Waals surface area contributed by atoms with Crippen LogP contribution in [0.25, 0.3) is 16.6 Å². The van der Waals surface area contributed by atoms with Gasteiger partial charge in [-0.15, -0.1) is 0 Å². The average Bonchev–Trinajstić information content (AvgIpc) is 3.05. The number of halogens is 3. The third-order valence-electron chi connectivity index (χ3n) is 5.04.